The van der Waals surface area contributed by atoms with Gasteiger partial charge in [-0.1, -0.05) is 71.9 Å². The molecule has 40 heavy (non-hydrogen) atoms. The molecule has 7 heteroatoms. The Balaban J connectivity index is 2.49. The molecule has 2 rings (SSSR count). The zero-order valence-electron chi connectivity index (χ0n) is 27.2. The molecule has 0 aliphatic heterocycles. The second-order valence-corrected chi connectivity index (χ2v) is 16.3. The van der Waals surface area contributed by atoms with Gasteiger partial charge in [0.15, 0.2) is 0 Å². The van der Waals surface area contributed by atoms with E-state index < -0.39 is 13.4 Å². The number of benzene rings is 2. The molecule has 0 aliphatic rings. The van der Waals surface area contributed by atoms with Crippen LogP contribution in [0.4, 0.5) is 0 Å². The summed E-state index contributed by atoms with van der Waals surface area (Å²) in [5.41, 5.74) is 3.14. The molecule has 0 aliphatic carbocycles. The van der Waals surface area contributed by atoms with Crippen molar-refractivity contribution < 1.29 is 23.2 Å². The van der Waals surface area contributed by atoms with E-state index in [1.54, 1.807) is 0 Å². The van der Waals surface area contributed by atoms with Gasteiger partial charge in [0.2, 0.25) is 0 Å². The fourth-order valence-corrected chi connectivity index (χ4v) is 7.34. The number of aromatic hydroxyl groups is 1. The van der Waals surface area contributed by atoms with Crippen LogP contribution in [0.5, 0.6) is 5.75 Å². The topological polar surface area (TPSA) is 67.8 Å². The summed E-state index contributed by atoms with van der Waals surface area (Å²) >= 11 is 0. The van der Waals surface area contributed by atoms with E-state index in [0.29, 0.717) is 12.3 Å². The molecular formula is C33H56N2O4P+. The first-order valence-electron chi connectivity index (χ1n) is 14.7. The van der Waals surface area contributed by atoms with Crippen molar-refractivity contribution in [2.45, 2.75) is 111 Å². The standard InChI is InChI=1S/C33H55N2O4P/c1-24(2)38-40(37,39-25(3)4)31(34-19-16-20-35(11,12)23-26-17-14-13-15-18-26)27-21-28(32(5,6)7)30(36)29(22-27)33(8,9)10/h13-15,17-18,21-22,24-25,31,34H,16,19-20,23H2,1-12H3/p+1. The van der Waals surface area contributed by atoms with Gasteiger partial charge in [-0.05, 0) is 67.3 Å². The van der Waals surface area contributed by atoms with Crippen molar-refractivity contribution in [3.63, 3.8) is 0 Å². The lowest BCUT2D eigenvalue weighted by atomic mass is 9.78. The van der Waals surface area contributed by atoms with Crippen LogP contribution in [0, 0.1) is 0 Å². The Labute approximate surface area is 244 Å². The molecule has 0 saturated carbocycles. The van der Waals surface area contributed by atoms with Crippen LogP contribution in [0.1, 0.15) is 104 Å². The van der Waals surface area contributed by atoms with E-state index in [-0.39, 0.29) is 23.0 Å². The molecule has 2 N–H and O–H groups in total. The molecule has 2 aromatic rings. The largest absolute Gasteiger partial charge is 0.507 e. The van der Waals surface area contributed by atoms with Gasteiger partial charge >= 0.3 is 7.60 Å². The smallest absolute Gasteiger partial charge is 0.352 e. The van der Waals surface area contributed by atoms with Gasteiger partial charge < -0.3 is 18.6 Å². The monoisotopic (exact) mass is 575 g/mol. The summed E-state index contributed by atoms with van der Waals surface area (Å²) in [6, 6.07) is 14.5. The van der Waals surface area contributed by atoms with Gasteiger partial charge in [0, 0.05) is 18.5 Å². The minimum atomic E-state index is -3.66. The van der Waals surface area contributed by atoms with Gasteiger partial charge in [0.05, 0.1) is 32.8 Å². The van der Waals surface area contributed by atoms with Crippen molar-refractivity contribution in [1.82, 2.24) is 5.32 Å². The highest BCUT2D eigenvalue weighted by molar-refractivity contribution is 7.54. The Bertz CT molecular complexity index is 1080. The van der Waals surface area contributed by atoms with E-state index >= 15 is 0 Å². The number of rotatable bonds is 13. The SMILES string of the molecule is CC(C)OP(=O)(OC(C)C)C(NCCC[N+](C)(C)Cc1ccccc1)c1cc(C(C)(C)C)c(O)c(C(C)(C)C)c1. The van der Waals surface area contributed by atoms with Crippen LogP contribution in [-0.2, 0) is 31.0 Å². The number of nitrogens with one attached hydrogen (secondary N) is 1. The molecule has 0 aromatic heterocycles. The van der Waals surface area contributed by atoms with Crippen molar-refractivity contribution in [2.24, 2.45) is 0 Å². The normalized spacial score (nSPS) is 14.2. The van der Waals surface area contributed by atoms with Gasteiger partial charge in [0.25, 0.3) is 0 Å². The van der Waals surface area contributed by atoms with Crippen LogP contribution >= 0.6 is 7.60 Å². The molecule has 0 radical (unpaired) electrons. The van der Waals surface area contributed by atoms with E-state index in [1.807, 2.05) is 45.9 Å². The summed E-state index contributed by atoms with van der Waals surface area (Å²) in [5.74, 6) is -0.378. The maximum atomic E-state index is 14.6. The number of nitrogens with zero attached hydrogens (tertiary/aromatic N) is 1. The molecule has 0 spiro atoms. The lowest BCUT2D eigenvalue weighted by molar-refractivity contribution is -0.903. The average molecular weight is 576 g/mol. The van der Waals surface area contributed by atoms with Crippen LogP contribution in [0.3, 0.4) is 0 Å². The summed E-state index contributed by atoms with van der Waals surface area (Å²) in [6.07, 6.45) is 0.323. The zero-order valence-corrected chi connectivity index (χ0v) is 28.1. The summed E-state index contributed by atoms with van der Waals surface area (Å²) in [4.78, 5) is 0. The maximum Gasteiger partial charge on any atom is 0.352 e. The number of phenols is 1. The molecular weight excluding hydrogens is 519 g/mol. The van der Waals surface area contributed by atoms with Crippen LogP contribution in [0.15, 0.2) is 42.5 Å². The van der Waals surface area contributed by atoms with E-state index in [1.165, 1.54) is 5.56 Å². The van der Waals surface area contributed by atoms with Crippen molar-refractivity contribution in [2.75, 3.05) is 27.2 Å². The third kappa shape index (κ3) is 9.99. The van der Waals surface area contributed by atoms with Gasteiger partial charge in [0.1, 0.15) is 18.1 Å². The molecule has 226 valence electrons. The van der Waals surface area contributed by atoms with Crippen molar-refractivity contribution in [1.29, 1.82) is 0 Å². The van der Waals surface area contributed by atoms with E-state index in [4.69, 9.17) is 9.05 Å². The Morgan fingerprint density at radius 2 is 1.35 bits per heavy atom. The molecule has 0 saturated heterocycles. The van der Waals surface area contributed by atoms with E-state index in [0.717, 1.165) is 40.7 Å². The Kier molecular flexibility index (Phi) is 11.7. The molecule has 0 amide bonds. The lowest BCUT2D eigenvalue weighted by Crippen LogP contribution is -2.41. The Hall–Kier alpha value is -1.69. The van der Waals surface area contributed by atoms with E-state index in [2.05, 4.69) is 85.2 Å². The Morgan fingerprint density at radius 1 is 0.875 bits per heavy atom. The summed E-state index contributed by atoms with van der Waals surface area (Å²) < 4.78 is 27.7. The van der Waals surface area contributed by atoms with Gasteiger partial charge in [-0.15, -0.1) is 0 Å². The van der Waals surface area contributed by atoms with Crippen LogP contribution in [0.25, 0.3) is 0 Å². The van der Waals surface area contributed by atoms with Crippen LogP contribution in [-0.4, -0.2) is 49.0 Å². The predicted molar refractivity (Wildman–Crippen MR) is 168 cm³/mol. The molecule has 6 nitrogen and oxygen atoms in total. The summed E-state index contributed by atoms with van der Waals surface area (Å²) in [6.45, 7) is 22.6. The molecule has 0 bridgehead atoms. The average Bonchev–Trinajstić information content (AvgIpc) is 2.77. The molecule has 1 atom stereocenters. The van der Waals surface area contributed by atoms with Crippen LogP contribution in [0.2, 0.25) is 0 Å². The lowest BCUT2D eigenvalue weighted by Gasteiger charge is -2.34. The molecule has 0 fully saturated rings. The first-order chi connectivity index (χ1) is 18.2. The highest BCUT2D eigenvalue weighted by Crippen LogP contribution is 2.62. The Morgan fingerprint density at radius 3 is 1.77 bits per heavy atom. The number of hydrogen-bond donors (Lipinski definition) is 2. The second-order valence-electron chi connectivity index (χ2n) is 14.3. The highest BCUT2D eigenvalue weighted by atomic mass is 31.2. The van der Waals surface area contributed by atoms with Gasteiger partial charge in [-0.3, -0.25) is 9.88 Å². The molecule has 2 aromatic carbocycles. The number of hydrogen-bond acceptors (Lipinski definition) is 5. The number of quaternary nitrogens is 1. The fourth-order valence-electron chi connectivity index (χ4n) is 5.01. The minimum Gasteiger partial charge on any atom is -0.507 e. The summed E-state index contributed by atoms with van der Waals surface area (Å²) in [5, 5.41) is 14.9. The first-order valence-corrected chi connectivity index (χ1v) is 16.3. The number of phenolic OH excluding ortho intramolecular Hbond substituents is 1. The van der Waals surface area contributed by atoms with Crippen molar-refractivity contribution in [3.05, 3.63) is 64.7 Å². The third-order valence-electron chi connectivity index (χ3n) is 6.83. The second kappa shape index (κ2) is 13.5. The fraction of sp³-hybridized carbons (Fsp3) is 0.636. The van der Waals surface area contributed by atoms with Gasteiger partial charge in [-0.25, -0.2) is 0 Å². The van der Waals surface area contributed by atoms with Gasteiger partial charge in [-0.2, -0.15) is 0 Å². The minimum absolute atomic E-state index is 0.281. The highest BCUT2D eigenvalue weighted by Gasteiger charge is 2.41. The maximum absolute atomic E-state index is 14.6. The summed E-state index contributed by atoms with van der Waals surface area (Å²) in [7, 11) is 0.824. The first kappa shape index (κ1) is 34.5. The molecule has 1 unspecified atom stereocenters. The van der Waals surface area contributed by atoms with Crippen LogP contribution < -0.4 is 5.32 Å². The predicted octanol–water partition coefficient (Wildman–Crippen LogP) is 8.29. The van der Waals surface area contributed by atoms with Crippen molar-refractivity contribution in [3.8, 4) is 5.75 Å². The van der Waals surface area contributed by atoms with E-state index in [9.17, 15) is 9.67 Å². The quantitative estimate of drug-likeness (QED) is 0.143. The van der Waals surface area contributed by atoms with Crippen molar-refractivity contribution >= 4 is 7.60 Å². The third-order valence-corrected chi connectivity index (χ3v) is 9.37. The zero-order chi connectivity index (χ0) is 30.5. The molecule has 0 heterocycles.